The molecule has 0 saturated carbocycles. The molecule has 4 nitrogen and oxygen atoms in total. The first-order valence-corrected chi connectivity index (χ1v) is 7.92. The van der Waals surface area contributed by atoms with Crippen LogP contribution in [-0.4, -0.2) is 23.3 Å². The van der Waals surface area contributed by atoms with Gasteiger partial charge in [0.1, 0.15) is 5.75 Å². The Balaban J connectivity index is 1.64. The number of rotatable bonds is 4. The number of amides is 1. The molecule has 0 aromatic heterocycles. The molecule has 0 N–H and O–H groups in total. The number of ether oxygens (including phenoxy) is 1. The molecule has 1 heterocycles. The molecule has 1 aliphatic rings. The van der Waals surface area contributed by atoms with Crippen LogP contribution in [0.4, 0.5) is 0 Å². The molecule has 0 atom stereocenters. The molecular weight excluding hydrogens is 326 g/mol. The molecule has 0 spiro atoms. The molecule has 0 bridgehead atoms. The fourth-order valence-corrected chi connectivity index (χ4v) is 2.79. The predicted molar refractivity (Wildman–Crippen MR) is 93.0 cm³/mol. The molecule has 3 rings (SSSR count). The number of fused-ring (bicyclic) bond motifs is 1. The van der Waals surface area contributed by atoms with Crippen molar-refractivity contribution in [3.8, 4) is 5.75 Å². The Bertz CT molecular complexity index is 809. The minimum atomic E-state index is -0.445. The molecule has 5 heteroatoms. The second-order valence-corrected chi connectivity index (χ2v) is 6.01. The molecule has 0 aliphatic carbocycles. The maximum Gasteiger partial charge on any atom is 0.313 e. The molecule has 122 valence electrons. The van der Waals surface area contributed by atoms with E-state index in [9.17, 15) is 9.59 Å². The van der Waals surface area contributed by atoms with Gasteiger partial charge in [0.2, 0.25) is 0 Å². The Morgan fingerprint density at radius 1 is 1.21 bits per heavy atom. The topological polar surface area (TPSA) is 46.6 Å². The molecule has 2 aromatic rings. The van der Waals surface area contributed by atoms with Crippen LogP contribution in [0.3, 0.4) is 0 Å². The van der Waals surface area contributed by atoms with E-state index >= 15 is 0 Å². The van der Waals surface area contributed by atoms with E-state index in [-0.39, 0.29) is 18.9 Å². The summed E-state index contributed by atoms with van der Waals surface area (Å²) in [6.45, 7) is 6.05. The molecule has 1 amide bonds. The van der Waals surface area contributed by atoms with Crippen molar-refractivity contribution in [3.05, 3.63) is 70.8 Å². The first-order valence-electron chi connectivity index (χ1n) is 7.54. The average Bonchev–Trinajstić information content (AvgIpc) is 2.81. The minimum Gasteiger partial charge on any atom is -0.425 e. The van der Waals surface area contributed by atoms with Crippen molar-refractivity contribution in [2.24, 2.45) is 0 Å². The zero-order valence-electron chi connectivity index (χ0n) is 13.2. The molecule has 1 aliphatic heterocycles. The van der Waals surface area contributed by atoms with Crippen LogP contribution >= 0.6 is 11.6 Å². The highest BCUT2D eigenvalue weighted by Crippen LogP contribution is 2.31. The van der Waals surface area contributed by atoms with Crippen molar-refractivity contribution in [2.45, 2.75) is 13.3 Å². The summed E-state index contributed by atoms with van der Waals surface area (Å²) in [5.74, 6) is -0.257. The number of carbonyl (C=O) groups excluding carboxylic acids is 2. The predicted octanol–water partition coefficient (Wildman–Crippen LogP) is 4.07. The zero-order valence-corrected chi connectivity index (χ0v) is 14.0. The third kappa shape index (κ3) is 3.05. The quantitative estimate of drug-likeness (QED) is 0.622. The first-order chi connectivity index (χ1) is 11.5. The molecule has 0 unspecified atom stereocenters. The molecule has 24 heavy (non-hydrogen) atoms. The van der Waals surface area contributed by atoms with Gasteiger partial charge in [-0.1, -0.05) is 42.4 Å². The van der Waals surface area contributed by atoms with Crippen LogP contribution in [0, 0.1) is 6.92 Å². The average molecular weight is 342 g/mol. The van der Waals surface area contributed by atoms with Crippen molar-refractivity contribution >= 4 is 29.2 Å². The van der Waals surface area contributed by atoms with Crippen LogP contribution in [0.25, 0.3) is 5.70 Å². The van der Waals surface area contributed by atoms with Gasteiger partial charge in [0.15, 0.2) is 0 Å². The summed E-state index contributed by atoms with van der Waals surface area (Å²) >= 11 is 6.02. The Labute approximate surface area is 145 Å². The van der Waals surface area contributed by atoms with Gasteiger partial charge in [0.25, 0.3) is 5.91 Å². The molecule has 0 saturated heterocycles. The Morgan fingerprint density at radius 3 is 2.62 bits per heavy atom. The van der Waals surface area contributed by atoms with Crippen molar-refractivity contribution in [2.75, 3.05) is 6.54 Å². The van der Waals surface area contributed by atoms with Crippen LogP contribution in [0.2, 0.25) is 5.02 Å². The molecular formula is C19H16ClNO3. The number of benzene rings is 2. The Hall–Kier alpha value is -2.59. The van der Waals surface area contributed by atoms with Gasteiger partial charge in [-0.2, -0.15) is 0 Å². The fraction of sp³-hybridized carbons (Fsp3) is 0.158. The van der Waals surface area contributed by atoms with E-state index in [4.69, 9.17) is 16.3 Å². The van der Waals surface area contributed by atoms with Gasteiger partial charge < -0.3 is 9.64 Å². The highest BCUT2D eigenvalue weighted by atomic mass is 35.5. The largest absolute Gasteiger partial charge is 0.425 e. The third-order valence-electron chi connectivity index (χ3n) is 3.89. The van der Waals surface area contributed by atoms with Gasteiger partial charge in [-0.15, -0.1) is 0 Å². The zero-order chi connectivity index (χ0) is 17.3. The van der Waals surface area contributed by atoms with E-state index in [1.54, 1.807) is 18.2 Å². The van der Waals surface area contributed by atoms with Gasteiger partial charge >= 0.3 is 5.97 Å². The standard InChI is InChI=1S/C19H16ClNO3/c1-12-7-8-16(20)17(11-12)24-18(22)9-10-21-13(2)14-5-3-4-6-15(14)19(21)23/h3-8,11H,2,9-10H2,1H3. The smallest absolute Gasteiger partial charge is 0.313 e. The SMILES string of the molecule is C=C1c2ccccc2C(=O)N1CCC(=O)Oc1cc(C)ccc1Cl. The lowest BCUT2D eigenvalue weighted by atomic mass is 10.1. The number of esters is 1. The number of hydrogen-bond donors (Lipinski definition) is 0. The van der Waals surface area contributed by atoms with Gasteiger partial charge in [-0.25, -0.2) is 0 Å². The van der Waals surface area contributed by atoms with Crippen molar-refractivity contribution in [3.63, 3.8) is 0 Å². The fourth-order valence-electron chi connectivity index (χ4n) is 2.64. The highest BCUT2D eigenvalue weighted by Gasteiger charge is 2.30. The van der Waals surface area contributed by atoms with Crippen molar-refractivity contribution in [1.29, 1.82) is 0 Å². The first kappa shape index (κ1) is 16.3. The van der Waals surface area contributed by atoms with Crippen LogP contribution in [0.5, 0.6) is 5.75 Å². The summed E-state index contributed by atoms with van der Waals surface area (Å²) in [6.07, 6.45) is 0.0586. The van der Waals surface area contributed by atoms with Gasteiger partial charge in [-0.05, 0) is 30.7 Å². The number of carbonyl (C=O) groups is 2. The van der Waals surface area contributed by atoms with Gasteiger partial charge in [0, 0.05) is 23.4 Å². The number of halogens is 1. The normalized spacial score (nSPS) is 13.2. The molecule has 0 radical (unpaired) electrons. The van der Waals surface area contributed by atoms with E-state index < -0.39 is 5.97 Å². The van der Waals surface area contributed by atoms with Crippen LogP contribution in [-0.2, 0) is 4.79 Å². The number of hydrogen-bond acceptors (Lipinski definition) is 3. The summed E-state index contributed by atoms with van der Waals surface area (Å²) in [5.41, 5.74) is 2.97. The van der Waals surface area contributed by atoms with Crippen molar-refractivity contribution < 1.29 is 14.3 Å². The second-order valence-electron chi connectivity index (χ2n) is 5.61. The van der Waals surface area contributed by atoms with Crippen LogP contribution < -0.4 is 4.74 Å². The lowest BCUT2D eigenvalue weighted by Crippen LogP contribution is -2.26. The number of aryl methyl sites for hydroxylation is 1. The van der Waals surface area contributed by atoms with Gasteiger partial charge in [0.05, 0.1) is 11.4 Å². The van der Waals surface area contributed by atoms with E-state index in [2.05, 4.69) is 6.58 Å². The minimum absolute atomic E-state index is 0.0586. The van der Waals surface area contributed by atoms with Crippen molar-refractivity contribution in [1.82, 2.24) is 4.90 Å². The maximum atomic E-state index is 12.4. The van der Waals surface area contributed by atoms with E-state index in [0.717, 1.165) is 11.1 Å². The van der Waals surface area contributed by atoms with Crippen LogP contribution in [0.15, 0.2) is 49.0 Å². The van der Waals surface area contributed by atoms with E-state index in [1.165, 1.54) is 4.90 Å². The second kappa shape index (κ2) is 6.49. The summed E-state index contributed by atoms with van der Waals surface area (Å²) in [7, 11) is 0. The Kier molecular flexibility index (Phi) is 4.40. The van der Waals surface area contributed by atoms with E-state index in [1.807, 2.05) is 31.2 Å². The summed E-state index contributed by atoms with van der Waals surface area (Å²) in [5, 5.41) is 0.378. The van der Waals surface area contributed by atoms with Gasteiger partial charge in [-0.3, -0.25) is 9.59 Å². The summed E-state index contributed by atoms with van der Waals surface area (Å²) in [6, 6.07) is 12.5. The molecule has 0 fully saturated rings. The maximum absolute atomic E-state index is 12.4. The number of nitrogens with zero attached hydrogens (tertiary/aromatic N) is 1. The van der Waals surface area contributed by atoms with Crippen LogP contribution in [0.1, 0.15) is 27.9 Å². The third-order valence-corrected chi connectivity index (χ3v) is 4.20. The molecule has 2 aromatic carbocycles. The lowest BCUT2D eigenvalue weighted by Gasteiger charge is -2.16. The lowest BCUT2D eigenvalue weighted by molar-refractivity contribution is -0.134. The summed E-state index contributed by atoms with van der Waals surface area (Å²) in [4.78, 5) is 25.9. The van der Waals surface area contributed by atoms with E-state index in [0.29, 0.717) is 22.0 Å². The Morgan fingerprint density at radius 2 is 1.92 bits per heavy atom. The highest BCUT2D eigenvalue weighted by molar-refractivity contribution is 6.32. The monoisotopic (exact) mass is 341 g/mol. The summed E-state index contributed by atoms with van der Waals surface area (Å²) < 4.78 is 5.29.